The standard InChI is InChI=1S/C30H29N3O5/c34-15-17-38-19-18-37-16-14-33-26-9-5-4-8-24(26)28(32-36)29(33)27-23-13-12-22(20-25(23)31-30(27)35)11-10-21-6-2-1-3-7-21/h1-13,20,34,36H,14-19H2,(H,31,35)/b11-10+,29-27-,32-28+. The van der Waals surface area contributed by atoms with Crippen LogP contribution in [-0.4, -0.2) is 61.5 Å². The Hall–Kier alpha value is -4.24. The Morgan fingerprint density at radius 2 is 1.58 bits per heavy atom. The van der Waals surface area contributed by atoms with Crippen molar-refractivity contribution in [3.63, 3.8) is 0 Å². The van der Waals surface area contributed by atoms with Gasteiger partial charge in [0.2, 0.25) is 0 Å². The fraction of sp³-hybridized carbons (Fsp3) is 0.200. The van der Waals surface area contributed by atoms with Gasteiger partial charge in [-0.3, -0.25) is 4.79 Å². The summed E-state index contributed by atoms with van der Waals surface area (Å²) >= 11 is 0. The summed E-state index contributed by atoms with van der Waals surface area (Å²) in [4.78, 5) is 15.3. The van der Waals surface area contributed by atoms with Crippen LogP contribution in [0.1, 0.15) is 22.3 Å². The van der Waals surface area contributed by atoms with E-state index in [0.717, 1.165) is 27.9 Å². The fourth-order valence-electron chi connectivity index (χ4n) is 4.70. The molecule has 8 nitrogen and oxygen atoms in total. The van der Waals surface area contributed by atoms with Gasteiger partial charge in [-0.2, -0.15) is 0 Å². The SMILES string of the molecule is O=C1Nc2cc(/C=C/c3ccccc3)ccc2/C1=C1\C(=N\O)c2ccccc2N1CCOCCOCCO. The molecule has 8 heteroatoms. The van der Waals surface area contributed by atoms with Crippen molar-refractivity contribution in [2.45, 2.75) is 0 Å². The first-order valence-corrected chi connectivity index (χ1v) is 12.5. The number of hydrogen-bond acceptors (Lipinski definition) is 7. The second-order valence-corrected chi connectivity index (χ2v) is 8.79. The lowest BCUT2D eigenvalue weighted by atomic mass is 9.99. The smallest absolute Gasteiger partial charge is 0.258 e. The highest BCUT2D eigenvalue weighted by atomic mass is 16.5. The Labute approximate surface area is 221 Å². The van der Waals surface area contributed by atoms with E-state index in [0.29, 0.717) is 49.0 Å². The third-order valence-electron chi connectivity index (χ3n) is 6.40. The molecule has 2 heterocycles. The number of para-hydroxylation sites is 1. The van der Waals surface area contributed by atoms with E-state index >= 15 is 0 Å². The molecular formula is C30H29N3O5. The zero-order valence-corrected chi connectivity index (χ0v) is 20.8. The first-order valence-electron chi connectivity index (χ1n) is 12.5. The summed E-state index contributed by atoms with van der Waals surface area (Å²) in [5.41, 5.74) is 6.42. The molecule has 5 rings (SSSR count). The molecule has 0 aromatic heterocycles. The van der Waals surface area contributed by atoms with Crippen molar-refractivity contribution in [2.75, 3.05) is 49.8 Å². The number of aliphatic hydroxyl groups is 1. The zero-order chi connectivity index (χ0) is 26.3. The van der Waals surface area contributed by atoms with Gasteiger partial charge >= 0.3 is 0 Å². The number of fused-ring (bicyclic) bond motifs is 2. The number of hydrogen-bond donors (Lipinski definition) is 3. The first kappa shape index (κ1) is 25.4. The van der Waals surface area contributed by atoms with Gasteiger partial charge in [-0.25, -0.2) is 0 Å². The van der Waals surface area contributed by atoms with Crippen LogP contribution in [0.5, 0.6) is 0 Å². The number of nitrogens with zero attached hydrogens (tertiary/aromatic N) is 2. The number of ether oxygens (including phenoxy) is 2. The summed E-state index contributed by atoms with van der Waals surface area (Å²) < 4.78 is 11.0. The van der Waals surface area contributed by atoms with Crippen molar-refractivity contribution in [1.29, 1.82) is 0 Å². The molecule has 0 aliphatic carbocycles. The van der Waals surface area contributed by atoms with Crippen LogP contribution in [-0.2, 0) is 14.3 Å². The Morgan fingerprint density at radius 1 is 0.842 bits per heavy atom. The Balaban J connectivity index is 1.45. The van der Waals surface area contributed by atoms with E-state index in [1.165, 1.54) is 0 Å². The van der Waals surface area contributed by atoms with Crippen molar-refractivity contribution in [2.24, 2.45) is 5.16 Å². The maximum Gasteiger partial charge on any atom is 0.258 e. The minimum atomic E-state index is -0.253. The molecule has 0 unspecified atom stereocenters. The summed E-state index contributed by atoms with van der Waals surface area (Å²) in [5.74, 6) is -0.253. The fourth-order valence-corrected chi connectivity index (χ4v) is 4.70. The van der Waals surface area contributed by atoms with Gasteiger partial charge in [0.15, 0.2) is 0 Å². The van der Waals surface area contributed by atoms with Gasteiger partial charge in [-0.05, 0) is 23.3 Å². The van der Waals surface area contributed by atoms with Gasteiger partial charge in [0, 0.05) is 23.4 Å². The number of carbonyl (C=O) groups excluding carboxylic acids is 1. The molecule has 194 valence electrons. The average molecular weight is 512 g/mol. The molecule has 0 bridgehead atoms. The van der Waals surface area contributed by atoms with Gasteiger partial charge in [0.1, 0.15) is 5.71 Å². The van der Waals surface area contributed by atoms with Crippen LogP contribution in [0.15, 0.2) is 83.6 Å². The van der Waals surface area contributed by atoms with Crippen LogP contribution in [0.2, 0.25) is 0 Å². The van der Waals surface area contributed by atoms with Crippen LogP contribution >= 0.6 is 0 Å². The van der Waals surface area contributed by atoms with Crippen molar-refractivity contribution in [3.8, 4) is 0 Å². The maximum absolute atomic E-state index is 13.3. The number of benzene rings is 3. The number of anilines is 2. The number of aliphatic hydroxyl groups excluding tert-OH is 1. The minimum absolute atomic E-state index is 0.0287. The van der Waals surface area contributed by atoms with E-state index in [4.69, 9.17) is 14.6 Å². The maximum atomic E-state index is 13.3. The molecular weight excluding hydrogens is 482 g/mol. The summed E-state index contributed by atoms with van der Waals surface area (Å²) in [6, 6.07) is 23.4. The molecule has 0 atom stereocenters. The van der Waals surface area contributed by atoms with Gasteiger partial charge in [-0.1, -0.05) is 78.0 Å². The molecule has 1 amide bonds. The molecule has 0 radical (unpaired) electrons. The molecule has 0 spiro atoms. The van der Waals surface area contributed by atoms with E-state index in [9.17, 15) is 10.0 Å². The lowest BCUT2D eigenvalue weighted by Gasteiger charge is -2.22. The van der Waals surface area contributed by atoms with Crippen LogP contribution < -0.4 is 10.2 Å². The molecule has 3 aromatic rings. The number of carbonyl (C=O) groups is 1. The molecule has 0 fully saturated rings. The average Bonchev–Trinajstić information content (AvgIpc) is 3.44. The Morgan fingerprint density at radius 3 is 2.37 bits per heavy atom. The second kappa shape index (κ2) is 11.9. The zero-order valence-electron chi connectivity index (χ0n) is 20.8. The molecule has 3 N–H and O–H groups in total. The molecule has 0 saturated carbocycles. The van der Waals surface area contributed by atoms with Gasteiger partial charge in [0.25, 0.3) is 5.91 Å². The first-order chi connectivity index (χ1) is 18.7. The van der Waals surface area contributed by atoms with Crippen molar-refractivity contribution >= 4 is 40.7 Å². The monoisotopic (exact) mass is 511 g/mol. The number of nitrogens with one attached hydrogen (secondary N) is 1. The normalized spacial score (nSPS) is 17.3. The minimum Gasteiger partial charge on any atom is -0.410 e. The van der Waals surface area contributed by atoms with E-state index in [2.05, 4.69) is 10.5 Å². The summed E-state index contributed by atoms with van der Waals surface area (Å²) in [6.07, 6.45) is 4.03. The number of rotatable bonds is 10. The molecule has 0 saturated heterocycles. The third kappa shape index (κ3) is 5.24. The highest BCUT2D eigenvalue weighted by Gasteiger charge is 2.38. The van der Waals surface area contributed by atoms with E-state index in [1.54, 1.807) is 0 Å². The van der Waals surface area contributed by atoms with Crippen molar-refractivity contribution in [3.05, 3.63) is 101 Å². The Kier molecular flexibility index (Phi) is 7.94. The molecule has 3 aromatic carbocycles. The van der Waals surface area contributed by atoms with Crippen LogP contribution in [0.25, 0.3) is 17.7 Å². The van der Waals surface area contributed by atoms with Crippen LogP contribution in [0.4, 0.5) is 11.4 Å². The lowest BCUT2D eigenvalue weighted by molar-refractivity contribution is -0.110. The van der Waals surface area contributed by atoms with Crippen molar-refractivity contribution in [1.82, 2.24) is 0 Å². The Bertz CT molecular complexity index is 1400. The highest BCUT2D eigenvalue weighted by Crippen LogP contribution is 2.42. The predicted octanol–water partition coefficient (Wildman–Crippen LogP) is 4.24. The van der Waals surface area contributed by atoms with Crippen LogP contribution in [0.3, 0.4) is 0 Å². The summed E-state index contributed by atoms with van der Waals surface area (Å²) in [6.45, 7) is 1.81. The third-order valence-corrected chi connectivity index (χ3v) is 6.40. The van der Waals surface area contributed by atoms with Gasteiger partial charge in [0.05, 0.1) is 50.0 Å². The molecule has 2 aliphatic rings. The molecule has 38 heavy (non-hydrogen) atoms. The van der Waals surface area contributed by atoms with E-state index in [-0.39, 0.29) is 19.1 Å². The van der Waals surface area contributed by atoms with Gasteiger partial charge < -0.3 is 30.0 Å². The van der Waals surface area contributed by atoms with E-state index in [1.807, 2.05) is 89.8 Å². The lowest BCUT2D eigenvalue weighted by Crippen LogP contribution is -2.28. The highest BCUT2D eigenvalue weighted by molar-refractivity contribution is 6.40. The van der Waals surface area contributed by atoms with Gasteiger partial charge in [-0.15, -0.1) is 0 Å². The number of amides is 1. The predicted molar refractivity (Wildman–Crippen MR) is 148 cm³/mol. The quantitative estimate of drug-likeness (QED) is 0.124. The van der Waals surface area contributed by atoms with Crippen molar-refractivity contribution < 1.29 is 24.6 Å². The summed E-state index contributed by atoms with van der Waals surface area (Å²) in [5, 5.41) is 25.5. The number of allylic oxidation sites excluding steroid dienone is 1. The van der Waals surface area contributed by atoms with E-state index < -0.39 is 0 Å². The summed E-state index contributed by atoms with van der Waals surface area (Å²) in [7, 11) is 0. The number of oxime groups is 1. The second-order valence-electron chi connectivity index (χ2n) is 8.79. The molecule has 2 aliphatic heterocycles. The largest absolute Gasteiger partial charge is 0.410 e. The van der Waals surface area contributed by atoms with Crippen LogP contribution in [0, 0.1) is 0 Å². The topological polar surface area (TPSA) is 104 Å².